The first-order valence-corrected chi connectivity index (χ1v) is 9.71. The molecule has 3 aromatic rings. The summed E-state index contributed by atoms with van der Waals surface area (Å²) in [7, 11) is 0. The molecular formula is C24H17BrN2O. The Bertz CT molecular complexity index is 1070. The molecule has 3 nitrogen and oxygen atoms in total. The predicted octanol–water partition coefficient (Wildman–Crippen LogP) is 5.99. The molecule has 1 aliphatic rings. The van der Waals surface area contributed by atoms with Crippen molar-refractivity contribution in [2.45, 2.75) is 5.92 Å². The van der Waals surface area contributed by atoms with Crippen LogP contribution in [0.1, 0.15) is 17.0 Å². The van der Waals surface area contributed by atoms with E-state index in [9.17, 15) is 5.26 Å². The Morgan fingerprint density at radius 2 is 1.50 bits per heavy atom. The second-order valence-corrected chi connectivity index (χ2v) is 7.29. The fourth-order valence-electron chi connectivity index (χ4n) is 3.15. The Kier molecular flexibility index (Phi) is 5.27. The van der Waals surface area contributed by atoms with Crippen LogP contribution in [0, 0.1) is 11.3 Å². The van der Waals surface area contributed by atoms with E-state index in [1.165, 1.54) is 0 Å². The molecule has 0 unspecified atom stereocenters. The number of ether oxygens (including phenoxy) is 1. The molecule has 4 heteroatoms. The first-order valence-electron chi connectivity index (χ1n) is 8.91. The molecule has 28 heavy (non-hydrogen) atoms. The number of nitrogens with one attached hydrogen (secondary N) is 1. The molecule has 0 saturated carbocycles. The van der Waals surface area contributed by atoms with Crippen molar-refractivity contribution in [3.63, 3.8) is 0 Å². The van der Waals surface area contributed by atoms with Crippen LogP contribution in [0.15, 0.2) is 107 Å². The Balaban J connectivity index is 1.79. The summed E-state index contributed by atoms with van der Waals surface area (Å²) < 4.78 is 7.10. The lowest BCUT2D eigenvalue weighted by Gasteiger charge is -2.26. The number of halogens is 1. The number of rotatable bonds is 4. The molecule has 1 atom stereocenters. The third kappa shape index (κ3) is 3.85. The van der Waals surface area contributed by atoms with Gasteiger partial charge >= 0.3 is 0 Å². The zero-order chi connectivity index (χ0) is 19.3. The molecule has 0 amide bonds. The molecular weight excluding hydrogens is 412 g/mol. The lowest BCUT2D eigenvalue weighted by Crippen LogP contribution is -2.25. The van der Waals surface area contributed by atoms with Gasteiger partial charge in [-0.1, -0.05) is 76.6 Å². The molecule has 136 valence electrons. The Labute approximate surface area is 172 Å². The quantitative estimate of drug-likeness (QED) is 0.554. The van der Waals surface area contributed by atoms with Gasteiger partial charge in [0.2, 0.25) is 5.88 Å². The first-order chi connectivity index (χ1) is 13.7. The van der Waals surface area contributed by atoms with E-state index in [1.54, 1.807) is 0 Å². The molecule has 0 saturated heterocycles. The van der Waals surface area contributed by atoms with Crippen molar-refractivity contribution in [3.8, 4) is 11.8 Å². The van der Waals surface area contributed by atoms with E-state index in [0.717, 1.165) is 21.3 Å². The molecule has 4 rings (SSSR count). The number of nitrogens with zero attached hydrogens (tertiary/aromatic N) is 1. The first kappa shape index (κ1) is 18.1. The SMILES string of the molecule is N#CC1=C(Oc2ccccc2)NC(c2ccc(Br)cc2)=C[C@@H]1c1ccccc1. The minimum atomic E-state index is -0.190. The standard InChI is InChI=1S/C24H17BrN2O/c25-19-13-11-18(12-14-19)23-15-21(17-7-3-1-4-8-17)22(16-26)24(27-23)28-20-9-5-2-6-10-20/h1-15,21,27H/t21-/m1/s1. The van der Waals surface area contributed by atoms with E-state index in [1.807, 2.05) is 84.9 Å². The Hall–Kier alpha value is -3.29. The highest BCUT2D eigenvalue weighted by Crippen LogP contribution is 2.35. The highest BCUT2D eigenvalue weighted by atomic mass is 79.9. The molecule has 3 aromatic carbocycles. The number of allylic oxidation sites excluding steroid dienone is 2. The summed E-state index contributed by atoms with van der Waals surface area (Å²) in [4.78, 5) is 0. The van der Waals surface area contributed by atoms with Crippen LogP contribution < -0.4 is 10.1 Å². The summed E-state index contributed by atoms with van der Waals surface area (Å²) >= 11 is 3.48. The summed E-state index contributed by atoms with van der Waals surface area (Å²) in [6, 6.07) is 29.9. The molecule has 0 fully saturated rings. The van der Waals surface area contributed by atoms with Gasteiger partial charge in [-0.25, -0.2) is 0 Å². The lowest BCUT2D eigenvalue weighted by molar-refractivity contribution is 0.390. The highest BCUT2D eigenvalue weighted by molar-refractivity contribution is 9.10. The predicted molar refractivity (Wildman–Crippen MR) is 114 cm³/mol. The fraction of sp³-hybridized carbons (Fsp3) is 0.0417. The normalized spacial score (nSPS) is 16.0. The van der Waals surface area contributed by atoms with Gasteiger partial charge in [-0.15, -0.1) is 0 Å². The molecule has 0 spiro atoms. The van der Waals surface area contributed by atoms with Gasteiger partial charge in [0.1, 0.15) is 17.4 Å². The minimum absolute atomic E-state index is 0.190. The Morgan fingerprint density at radius 1 is 0.857 bits per heavy atom. The van der Waals surface area contributed by atoms with E-state index < -0.39 is 0 Å². The van der Waals surface area contributed by atoms with Gasteiger partial charge in [-0.3, -0.25) is 0 Å². The smallest absolute Gasteiger partial charge is 0.212 e. The van der Waals surface area contributed by atoms with Crippen LogP contribution in [-0.2, 0) is 0 Å². The number of nitriles is 1. The molecule has 1 aliphatic heterocycles. The maximum Gasteiger partial charge on any atom is 0.212 e. The van der Waals surface area contributed by atoms with E-state index in [-0.39, 0.29) is 5.92 Å². The van der Waals surface area contributed by atoms with Gasteiger partial charge in [-0.05, 0) is 41.5 Å². The van der Waals surface area contributed by atoms with Crippen LogP contribution in [0.5, 0.6) is 5.75 Å². The monoisotopic (exact) mass is 428 g/mol. The van der Waals surface area contributed by atoms with Gasteiger partial charge in [0, 0.05) is 16.1 Å². The topological polar surface area (TPSA) is 45.0 Å². The van der Waals surface area contributed by atoms with Crippen LogP contribution in [0.4, 0.5) is 0 Å². The largest absolute Gasteiger partial charge is 0.440 e. The van der Waals surface area contributed by atoms with Crippen LogP contribution in [0.2, 0.25) is 0 Å². The fourth-order valence-corrected chi connectivity index (χ4v) is 3.42. The van der Waals surface area contributed by atoms with Crippen molar-refractivity contribution in [2.24, 2.45) is 0 Å². The lowest BCUT2D eigenvalue weighted by atomic mass is 9.88. The maximum atomic E-state index is 9.90. The zero-order valence-corrected chi connectivity index (χ0v) is 16.6. The zero-order valence-electron chi connectivity index (χ0n) is 15.0. The van der Waals surface area contributed by atoms with Crippen molar-refractivity contribution in [2.75, 3.05) is 0 Å². The van der Waals surface area contributed by atoms with Crippen molar-refractivity contribution in [1.82, 2.24) is 5.32 Å². The van der Waals surface area contributed by atoms with Crippen molar-refractivity contribution < 1.29 is 4.74 Å². The maximum absolute atomic E-state index is 9.90. The summed E-state index contributed by atoms with van der Waals surface area (Å²) in [5.41, 5.74) is 3.53. The van der Waals surface area contributed by atoms with E-state index in [2.05, 4.69) is 33.4 Å². The number of hydrogen-bond donors (Lipinski definition) is 1. The van der Waals surface area contributed by atoms with Crippen molar-refractivity contribution >= 4 is 21.6 Å². The van der Waals surface area contributed by atoms with E-state index in [4.69, 9.17) is 4.74 Å². The van der Waals surface area contributed by atoms with Gasteiger partial charge in [-0.2, -0.15) is 5.26 Å². The van der Waals surface area contributed by atoms with Crippen molar-refractivity contribution in [1.29, 1.82) is 5.26 Å². The molecule has 1 heterocycles. The average Bonchev–Trinajstić information content (AvgIpc) is 2.75. The third-order valence-electron chi connectivity index (χ3n) is 4.53. The number of para-hydroxylation sites is 1. The summed E-state index contributed by atoms with van der Waals surface area (Å²) in [5, 5.41) is 13.2. The van der Waals surface area contributed by atoms with Crippen LogP contribution in [0.25, 0.3) is 5.70 Å². The summed E-state index contributed by atoms with van der Waals surface area (Å²) in [5.74, 6) is 0.953. The molecule has 0 bridgehead atoms. The highest BCUT2D eigenvalue weighted by Gasteiger charge is 2.26. The molecule has 1 N–H and O–H groups in total. The van der Waals surface area contributed by atoms with Crippen LogP contribution in [-0.4, -0.2) is 0 Å². The number of hydrogen-bond acceptors (Lipinski definition) is 3. The third-order valence-corrected chi connectivity index (χ3v) is 5.06. The molecule has 0 aliphatic carbocycles. The number of benzene rings is 3. The summed E-state index contributed by atoms with van der Waals surface area (Å²) in [6.07, 6.45) is 2.08. The average molecular weight is 429 g/mol. The van der Waals surface area contributed by atoms with Crippen LogP contribution >= 0.6 is 15.9 Å². The second-order valence-electron chi connectivity index (χ2n) is 6.37. The van der Waals surface area contributed by atoms with Crippen LogP contribution in [0.3, 0.4) is 0 Å². The van der Waals surface area contributed by atoms with Crippen molar-refractivity contribution in [3.05, 3.63) is 118 Å². The van der Waals surface area contributed by atoms with Gasteiger partial charge < -0.3 is 10.1 Å². The van der Waals surface area contributed by atoms with Gasteiger partial charge in [0.25, 0.3) is 0 Å². The van der Waals surface area contributed by atoms with Gasteiger partial charge in [0.05, 0.1) is 0 Å². The molecule has 0 radical (unpaired) electrons. The minimum Gasteiger partial charge on any atom is -0.440 e. The van der Waals surface area contributed by atoms with E-state index >= 15 is 0 Å². The Morgan fingerprint density at radius 3 is 2.14 bits per heavy atom. The second kappa shape index (κ2) is 8.16. The summed E-state index contributed by atoms with van der Waals surface area (Å²) in [6.45, 7) is 0. The van der Waals surface area contributed by atoms with E-state index in [0.29, 0.717) is 17.2 Å². The van der Waals surface area contributed by atoms with Gasteiger partial charge in [0.15, 0.2) is 0 Å². The number of dihydropyridines is 1. The molecule has 0 aromatic heterocycles.